The third kappa shape index (κ3) is 3.34. The zero-order valence-corrected chi connectivity index (χ0v) is 15.1. The van der Waals surface area contributed by atoms with Crippen LogP contribution in [-0.4, -0.2) is 41.0 Å². The highest BCUT2D eigenvalue weighted by molar-refractivity contribution is 8.00. The van der Waals surface area contributed by atoms with Crippen molar-refractivity contribution in [3.05, 3.63) is 29.3 Å². The van der Waals surface area contributed by atoms with E-state index in [-0.39, 0.29) is 11.7 Å². The highest BCUT2D eigenvalue weighted by Gasteiger charge is 2.17. The summed E-state index contributed by atoms with van der Waals surface area (Å²) in [6.07, 6.45) is 0. The second-order valence-corrected chi connectivity index (χ2v) is 7.13. The summed E-state index contributed by atoms with van der Waals surface area (Å²) in [5.74, 6) is 0.996. The summed E-state index contributed by atoms with van der Waals surface area (Å²) in [5.41, 5.74) is 2.50. The first-order valence-electron chi connectivity index (χ1n) is 7.24. The Labute approximate surface area is 147 Å². The van der Waals surface area contributed by atoms with Crippen molar-refractivity contribution >= 4 is 39.2 Å². The fourth-order valence-electron chi connectivity index (χ4n) is 2.18. The summed E-state index contributed by atoms with van der Waals surface area (Å²) in [6, 6.07) is 7.71. The normalized spacial score (nSPS) is 10.8. The number of carbonyl (C=O) groups is 1. The van der Waals surface area contributed by atoms with E-state index in [1.54, 1.807) is 25.5 Å². The van der Waals surface area contributed by atoms with E-state index < -0.39 is 0 Å². The Kier molecular flexibility index (Phi) is 4.96. The summed E-state index contributed by atoms with van der Waals surface area (Å²) in [6.45, 7) is 1.95. The van der Waals surface area contributed by atoms with Gasteiger partial charge in [0, 0.05) is 12.6 Å². The lowest BCUT2D eigenvalue weighted by atomic mass is 10.1. The highest BCUT2D eigenvalue weighted by Crippen LogP contribution is 2.36. The van der Waals surface area contributed by atoms with Crippen LogP contribution in [-0.2, 0) is 4.79 Å². The maximum absolute atomic E-state index is 11.5. The van der Waals surface area contributed by atoms with Gasteiger partial charge in [-0.15, -0.1) is 21.5 Å². The Morgan fingerprint density at radius 3 is 2.96 bits per heavy atom. The summed E-state index contributed by atoms with van der Waals surface area (Å²) >= 11 is 2.91. The maximum Gasteiger partial charge on any atom is 0.230 e. The summed E-state index contributed by atoms with van der Waals surface area (Å²) in [4.78, 5) is 16.1. The van der Waals surface area contributed by atoms with Crippen LogP contribution in [0.5, 0.6) is 5.75 Å². The average molecular weight is 360 g/mol. The van der Waals surface area contributed by atoms with Gasteiger partial charge in [-0.2, -0.15) is 0 Å². The van der Waals surface area contributed by atoms with Gasteiger partial charge in [0.05, 0.1) is 22.6 Å². The quantitative estimate of drug-likeness (QED) is 0.705. The molecule has 0 aliphatic rings. The topological polar surface area (TPSA) is 77.0 Å². The van der Waals surface area contributed by atoms with Gasteiger partial charge in [-0.3, -0.25) is 4.79 Å². The molecule has 24 heavy (non-hydrogen) atoms. The monoisotopic (exact) mass is 360 g/mol. The number of hydrogen-bond donors (Lipinski definition) is 1. The maximum atomic E-state index is 11.5. The Bertz CT molecular complexity index is 895. The molecule has 3 aromatic rings. The molecule has 0 aliphatic heterocycles. The van der Waals surface area contributed by atoms with Gasteiger partial charge in [0.25, 0.3) is 0 Å². The summed E-state index contributed by atoms with van der Waals surface area (Å²) < 4.78 is 6.25. The SMILES string of the molecule is CNC(=O)CSc1nnc(-c2cccc(OC)c2)c2sc(C)nc12. The fraction of sp³-hybridized carbons (Fsp3) is 0.250. The Hall–Kier alpha value is -2.19. The van der Waals surface area contributed by atoms with E-state index in [4.69, 9.17) is 4.74 Å². The van der Waals surface area contributed by atoms with Crippen molar-refractivity contribution < 1.29 is 9.53 Å². The minimum absolute atomic E-state index is 0.0567. The number of rotatable bonds is 5. The van der Waals surface area contributed by atoms with Gasteiger partial charge in [-0.25, -0.2) is 4.98 Å². The molecule has 6 nitrogen and oxygen atoms in total. The highest BCUT2D eigenvalue weighted by atomic mass is 32.2. The molecule has 0 aliphatic carbocycles. The molecule has 2 heterocycles. The van der Waals surface area contributed by atoms with Crippen LogP contribution in [0.25, 0.3) is 21.5 Å². The van der Waals surface area contributed by atoms with Gasteiger partial charge in [-0.1, -0.05) is 23.9 Å². The smallest absolute Gasteiger partial charge is 0.230 e. The molecular weight excluding hydrogens is 344 g/mol. The van der Waals surface area contributed by atoms with Crippen molar-refractivity contribution in [2.24, 2.45) is 0 Å². The first-order chi connectivity index (χ1) is 11.6. The number of ether oxygens (including phenoxy) is 1. The first-order valence-corrected chi connectivity index (χ1v) is 9.04. The van der Waals surface area contributed by atoms with Crippen LogP contribution in [0.15, 0.2) is 29.3 Å². The zero-order valence-electron chi connectivity index (χ0n) is 13.5. The fourth-order valence-corrected chi connectivity index (χ4v) is 3.97. The second kappa shape index (κ2) is 7.14. The third-order valence-corrected chi connectivity index (χ3v) is 5.29. The second-order valence-electron chi connectivity index (χ2n) is 4.96. The lowest BCUT2D eigenvalue weighted by Crippen LogP contribution is -2.19. The van der Waals surface area contributed by atoms with Crippen LogP contribution in [0.3, 0.4) is 0 Å². The summed E-state index contributed by atoms with van der Waals surface area (Å²) in [5, 5.41) is 12.9. The minimum atomic E-state index is -0.0567. The van der Waals surface area contributed by atoms with Crippen molar-refractivity contribution in [2.75, 3.05) is 19.9 Å². The number of thioether (sulfide) groups is 1. The van der Waals surface area contributed by atoms with Crippen molar-refractivity contribution in [2.45, 2.75) is 11.9 Å². The molecule has 0 saturated heterocycles. The number of fused-ring (bicyclic) bond motifs is 1. The molecule has 1 aromatic carbocycles. The lowest BCUT2D eigenvalue weighted by Gasteiger charge is -2.06. The lowest BCUT2D eigenvalue weighted by molar-refractivity contribution is -0.118. The molecule has 0 bridgehead atoms. The van der Waals surface area contributed by atoms with Crippen LogP contribution >= 0.6 is 23.1 Å². The molecule has 3 rings (SSSR count). The molecular formula is C16H16N4O2S2. The number of nitrogens with one attached hydrogen (secondary N) is 1. The standard InChI is InChI=1S/C16H16N4O2S2/c1-9-18-14-15(24-9)13(10-5-4-6-11(7-10)22-3)19-20-16(14)23-8-12(21)17-2/h4-7H,8H2,1-3H3,(H,17,21). The predicted molar refractivity (Wildman–Crippen MR) is 96.7 cm³/mol. The van der Waals surface area contributed by atoms with Crippen LogP contribution in [0.4, 0.5) is 0 Å². The number of thiazole rings is 1. The number of benzene rings is 1. The molecule has 0 spiro atoms. The molecule has 0 saturated carbocycles. The van der Waals surface area contributed by atoms with Gasteiger partial charge in [0.2, 0.25) is 5.91 Å². The summed E-state index contributed by atoms with van der Waals surface area (Å²) in [7, 11) is 3.25. The molecule has 124 valence electrons. The van der Waals surface area contributed by atoms with Crippen molar-refractivity contribution in [1.29, 1.82) is 0 Å². The van der Waals surface area contributed by atoms with Crippen molar-refractivity contribution in [1.82, 2.24) is 20.5 Å². The van der Waals surface area contributed by atoms with E-state index in [2.05, 4.69) is 20.5 Å². The number of nitrogens with zero attached hydrogens (tertiary/aromatic N) is 3. The van der Waals surface area contributed by atoms with E-state index in [1.807, 2.05) is 31.2 Å². The van der Waals surface area contributed by atoms with Gasteiger partial charge in [0.1, 0.15) is 22.0 Å². The largest absolute Gasteiger partial charge is 0.497 e. The third-order valence-electron chi connectivity index (χ3n) is 3.35. The van der Waals surface area contributed by atoms with Gasteiger partial charge in [-0.05, 0) is 19.1 Å². The number of methoxy groups -OCH3 is 1. The molecule has 1 amide bonds. The average Bonchev–Trinajstić information content (AvgIpc) is 3.00. The molecule has 0 fully saturated rings. The predicted octanol–water partition coefficient (Wildman–Crippen LogP) is 2.91. The van der Waals surface area contributed by atoms with Gasteiger partial charge >= 0.3 is 0 Å². The number of aryl methyl sites for hydroxylation is 1. The Morgan fingerprint density at radius 1 is 1.38 bits per heavy atom. The number of amides is 1. The van der Waals surface area contributed by atoms with E-state index in [0.29, 0.717) is 5.03 Å². The molecule has 0 unspecified atom stereocenters. The molecule has 1 N–H and O–H groups in total. The van der Waals surface area contributed by atoms with Crippen LogP contribution in [0.1, 0.15) is 5.01 Å². The zero-order chi connectivity index (χ0) is 17.1. The van der Waals surface area contributed by atoms with Crippen molar-refractivity contribution in [3.8, 4) is 17.0 Å². The van der Waals surface area contributed by atoms with Crippen molar-refractivity contribution in [3.63, 3.8) is 0 Å². The van der Waals surface area contributed by atoms with E-state index >= 15 is 0 Å². The van der Waals surface area contributed by atoms with Crippen LogP contribution < -0.4 is 10.1 Å². The van der Waals surface area contributed by atoms with Crippen LogP contribution in [0, 0.1) is 6.92 Å². The Morgan fingerprint density at radius 2 is 2.21 bits per heavy atom. The van der Waals surface area contributed by atoms with E-state index in [0.717, 1.165) is 32.2 Å². The number of aromatic nitrogens is 3. The van der Waals surface area contributed by atoms with Gasteiger partial charge < -0.3 is 10.1 Å². The minimum Gasteiger partial charge on any atom is -0.497 e. The molecule has 2 aromatic heterocycles. The first kappa shape index (κ1) is 16.7. The van der Waals surface area contributed by atoms with Crippen LogP contribution in [0.2, 0.25) is 0 Å². The van der Waals surface area contributed by atoms with E-state index in [1.165, 1.54) is 11.8 Å². The van der Waals surface area contributed by atoms with E-state index in [9.17, 15) is 4.79 Å². The van der Waals surface area contributed by atoms with Gasteiger partial charge in [0.15, 0.2) is 0 Å². The molecule has 0 radical (unpaired) electrons. The Balaban J connectivity index is 2.06. The molecule has 0 atom stereocenters. The number of carbonyl (C=O) groups excluding carboxylic acids is 1. The number of hydrogen-bond acceptors (Lipinski definition) is 7. The molecule has 8 heteroatoms.